The number of aromatic nitrogens is 2. The van der Waals surface area contributed by atoms with Crippen LogP contribution in [-0.4, -0.2) is 20.6 Å². The van der Waals surface area contributed by atoms with Crippen molar-refractivity contribution in [1.29, 1.82) is 0 Å². The smallest absolute Gasteiger partial charge is 0.273 e. The summed E-state index contributed by atoms with van der Waals surface area (Å²) >= 11 is 6.01. The maximum Gasteiger partial charge on any atom is 0.273 e. The summed E-state index contributed by atoms with van der Waals surface area (Å²) in [5.74, 6) is -0.0611. The first-order chi connectivity index (χ1) is 12.8. The predicted molar refractivity (Wildman–Crippen MR) is 103 cm³/mol. The Hall–Kier alpha value is -3.19. The highest BCUT2D eigenvalue weighted by atomic mass is 35.5. The number of aryl methyl sites for hydroxylation is 1. The molecular weight excluding hydrogens is 368 g/mol. The van der Waals surface area contributed by atoms with Crippen molar-refractivity contribution in [2.75, 3.05) is 5.32 Å². The summed E-state index contributed by atoms with van der Waals surface area (Å²) in [5.41, 5.74) is 2.31. The Morgan fingerprint density at radius 2 is 1.96 bits per heavy atom. The number of nitrogens with zero attached hydrogens (tertiary/aromatic N) is 3. The predicted octanol–water partition coefficient (Wildman–Crippen LogP) is 4.36. The van der Waals surface area contributed by atoms with Gasteiger partial charge in [-0.3, -0.25) is 19.6 Å². The first-order valence-electron chi connectivity index (χ1n) is 8.19. The number of hydrogen-bond acceptors (Lipinski definition) is 4. The molecule has 1 aromatic heterocycles. The van der Waals surface area contributed by atoms with Crippen LogP contribution in [0, 0.1) is 24.0 Å². The van der Waals surface area contributed by atoms with Crippen molar-refractivity contribution in [2.45, 2.75) is 20.4 Å². The van der Waals surface area contributed by atoms with E-state index in [2.05, 4.69) is 10.4 Å². The molecule has 7 nitrogen and oxygen atoms in total. The fourth-order valence-corrected chi connectivity index (χ4v) is 3.00. The van der Waals surface area contributed by atoms with Gasteiger partial charge in [0.1, 0.15) is 0 Å². The highest BCUT2D eigenvalue weighted by Crippen LogP contribution is 2.22. The van der Waals surface area contributed by atoms with Crippen molar-refractivity contribution in [3.8, 4) is 0 Å². The molecule has 3 rings (SSSR count). The van der Waals surface area contributed by atoms with Crippen molar-refractivity contribution in [1.82, 2.24) is 9.78 Å². The molecule has 27 heavy (non-hydrogen) atoms. The summed E-state index contributed by atoms with van der Waals surface area (Å²) in [4.78, 5) is 23.1. The molecule has 0 fully saturated rings. The van der Waals surface area contributed by atoms with E-state index in [-0.39, 0.29) is 11.3 Å². The molecule has 8 heteroatoms. The van der Waals surface area contributed by atoms with Gasteiger partial charge in [-0.05, 0) is 37.6 Å². The number of halogens is 1. The Morgan fingerprint density at radius 1 is 1.22 bits per heavy atom. The van der Waals surface area contributed by atoms with E-state index in [1.165, 1.54) is 12.1 Å². The van der Waals surface area contributed by atoms with Crippen LogP contribution in [0.15, 0.2) is 48.5 Å². The Kier molecular flexibility index (Phi) is 5.23. The summed E-state index contributed by atoms with van der Waals surface area (Å²) in [5, 5.41) is 18.8. The number of benzene rings is 2. The van der Waals surface area contributed by atoms with Crippen LogP contribution >= 0.6 is 11.6 Å². The van der Waals surface area contributed by atoms with Gasteiger partial charge < -0.3 is 5.32 Å². The van der Waals surface area contributed by atoms with E-state index in [0.29, 0.717) is 22.9 Å². The van der Waals surface area contributed by atoms with Gasteiger partial charge in [-0.2, -0.15) is 5.10 Å². The lowest BCUT2D eigenvalue weighted by molar-refractivity contribution is -0.385. The van der Waals surface area contributed by atoms with E-state index in [0.717, 1.165) is 11.3 Å². The SMILES string of the molecule is Cc1c(C(=O)Nc2cc(C)n(Cc3cccc(Cl)c3)n2)cccc1[N+](=O)[O-]. The largest absolute Gasteiger partial charge is 0.305 e. The minimum absolute atomic E-state index is 0.0923. The van der Waals surface area contributed by atoms with Crippen molar-refractivity contribution < 1.29 is 9.72 Å². The fourth-order valence-electron chi connectivity index (χ4n) is 2.79. The first kappa shape index (κ1) is 18.6. The second kappa shape index (κ2) is 7.59. The van der Waals surface area contributed by atoms with Crippen LogP contribution in [0.4, 0.5) is 11.5 Å². The first-order valence-corrected chi connectivity index (χ1v) is 8.57. The molecule has 1 heterocycles. The van der Waals surface area contributed by atoms with Gasteiger partial charge in [0.25, 0.3) is 11.6 Å². The number of amides is 1. The third kappa shape index (κ3) is 4.15. The van der Waals surface area contributed by atoms with Crippen molar-refractivity contribution in [3.63, 3.8) is 0 Å². The molecule has 2 aromatic carbocycles. The molecule has 0 aliphatic rings. The lowest BCUT2D eigenvalue weighted by Crippen LogP contribution is -2.15. The molecule has 0 saturated heterocycles. The molecule has 1 N–H and O–H groups in total. The van der Waals surface area contributed by atoms with Gasteiger partial charge in [0.2, 0.25) is 0 Å². The zero-order chi connectivity index (χ0) is 19.6. The van der Waals surface area contributed by atoms with E-state index in [1.807, 2.05) is 25.1 Å². The normalized spacial score (nSPS) is 10.6. The van der Waals surface area contributed by atoms with Crippen LogP contribution in [0.5, 0.6) is 0 Å². The van der Waals surface area contributed by atoms with Crippen LogP contribution in [0.2, 0.25) is 5.02 Å². The summed E-state index contributed by atoms with van der Waals surface area (Å²) in [6.07, 6.45) is 0. The molecule has 0 aliphatic carbocycles. The summed E-state index contributed by atoms with van der Waals surface area (Å²) in [7, 11) is 0. The molecule has 0 radical (unpaired) electrons. The third-order valence-corrected chi connectivity index (χ3v) is 4.43. The lowest BCUT2D eigenvalue weighted by Gasteiger charge is -2.06. The zero-order valence-corrected chi connectivity index (χ0v) is 15.5. The molecule has 0 unspecified atom stereocenters. The lowest BCUT2D eigenvalue weighted by atomic mass is 10.1. The van der Waals surface area contributed by atoms with Gasteiger partial charge in [0, 0.05) is 34.0 Å². The molecular formula is C19H17ClN4O3. The zero-order valence-electron chi connectivity index (χ0n) is 14.8. The average molecular weight is 385 g/mol. The van der Waals surface area contributed by atoms with Gasteiger partial charge in [-0.15, -0.1) is 0 Å². The molecule has 3 aromatic rings. The van der Waals surface area contributed by atoms with Gasteiger partial charge >= 0.3 is 0 Å². The van der Waals surface area contributed by atoms with Gasteiger partial charge in [0.15, 0.2) is 5.82 Å². The number of nitrogens with one attached hydrogen (secondary N) is 1. The second-order valence-corrected chi connectivity index (χ2v) is 6.56. The van der Waals surface area contributed by atoms with Gasteiger partial charge in [0.05, 0.1) is 11.5 Å². The molecule has 1 amide bonds. The van der Waals surface area contributed by atoms with E-state index >= 15 is 0 Å². The van der Waals surface area contributed by atoms with E-state index in [4.69, 9.17) is 11.6 Å². The van der Waals surface area contributed by atoms with Crippen LogP contribution in [-0.2, 0) is 6.54 Å². The molecule has 138 valence electrons. The number of carbonyl (C=O) groups excluding carboxylic acids is 1. The Balaban J connectivity index is 1.80. The minimum atomic E-state index is -0.504. The standard InChI is InChI=1S/C19H17ClN4O3/c1-12-9-18(22-23(12)11-14-5-3-6-15(20)10-14)21-19(25)16-7-4-8-17(13(16)2)24(26)27/h3-10H,11H2,1-2H3,(H,21,22,25). The van der Waals surface area contributed by atoms with Crippen LogP contribution in [0.25, 0.3) is 0 Å². The highest BCUT2D eigenvalue weighted by molar-refractivity contribution is 6.30. The fraction of sp³-hybridized carbons (Fsp3) is 0.158. The van der Waals surface area contributed by atoms with Crippen molar-refractivity contribution in [3.05, 3.63) is 86.1 Å². The third-order valence-electron chi connectivity index (χ3n) is 4.19. The monoisotopic (exact) mass is 384 g/mol. The average Bonchev–Trinajstić information content (AvgIpc) is 2.93. The van der Waals surface area contributed by atoms with E-state index in [9.17, 15) is 14.9 Å². The number of carbonyl (C=O) groups is 1. The number of rotatable bonds is 5. The second-order valence-electron chi connectivity index (χ2n) is 6.12. The van der Waals surface area contributed by atoms with Crippen LogP contribution in [0.3, 0.4) is 0 Å². The quantitative estimate of drug-likeness (QED) is 0.522. The van der Waals surface area contributed by atoms with E-state index < -0.39 is 10.8 Å². The summed E-state index contributed by atoms with van der Waals surface area (Å²) in [6, 6.07) is 13.6. The number of hydrogen-bond donors (Lipinski definition) is 1. The Morgan fingerprint density at radius 3 is 2.67 bits per heavy atom. The maximum absolute atomic E-state index is 12.5. The molecule has 0 atom stereocenters. The highest BCUT2D eigenvalue weighted by Gasteiger charge is 2.19. The number of nitro benzene ring substituents is 1. The molecule has 0 saturated carbocycles. The van der Waals surface area contributed by atoms with Crippen LogP contribution in [0.1, 0.15) is 27.2 Å². The summed E-state index contributed by atoms with van der Waals surface area (Å²) in [6.45, 7) is 3.94. The van der Waals surface area contributed by atoms with Crippen molar-refractivity contribution >= 4 is 29.0 Å². The number of anilines is 1. The van der Waals surface area contributed by atoms with Gasteiger partial charge in [-0.25, -0.2) is 0 Å². The van der Waals surface area contributed by atoms with Gasteiger partial charge in [-0.1, -0.05) is 29.8 Å². The van der Waals surface area contributed by atoms with Crippen molar-refractivity contribution in [2.24, 2.45) is 0 Å². The summed E-state index contributed by atoms with van der Waals surface area (Å²) < 4.78 is 1.75. The minimum Gasteiger partial charge on any atom is -0.305 e. The molecule has 0 spiro atoms. The molecule has 0 aliphatic heterocycles. The van der Waals surface area contributed by atoms with E-state index in [1.54, 1.807) is 29.8 Å². The topological polar surface area (TPSA) is 90.1 Å². The Labute approximate surface area is 160 Å². The van der Waals surface area contributed by atoms with Crippen LogP contribution < -0.4 is 5.32 Å². The molecule has 0 bridgehead atoms. The maximum atomic E-state index is 12.5. The Bertz CT molecular complexity index is 1030. The number of nitro groups is 1.